The molecule has 0 fully saturated rings. The first-order valence-electron chi connectivity index (χ1n) is 31.5. The van der Waals surface area contributed by atoms with Crippen molar-refractivity contribution < 1.29 is 92.7 Å². The number of carboxylic acid groups (broad SMARTS) is 4. The SMILES string of the molecule is CCC(C)[C@H](NC(=O)[C@@H](N)CCSC)C(=O)N[C@@H](CCC(=O)O)C(=O)N[C@@H](CCC(=O)O)C(=O)N[C@@H](CC(=O)O)C(=O)N[C@@H](Cc1ccccc1)C(=O)N[C@@H](CC(C)C)C(=O)N[C@@H](CCCN=C(N)N)C(=O)N[C@@H](CC(C)C)C(=O)N[C@@H](CO)C(=O)N[C@@H](Cc1cnc[nH]1)C(=O)O. The van der Waals surface area contributed by atoms with Crippen LogP contribution in [0.2, 0.25) is 0 Å². The van der Waals surface area contributed by atoms with Gasteiger partial charge in [0.25, 0.3) is 0 Å². The summed E-state index contributed by atoms with van der Waals surface area (Å²) in [5.74, 6) is -17.5. The molecule has 0 aliphatic rings. The summed E-state index contributed by atoms with van der Waals surface area (Å²) in [5.41, 5.74) is 17.9. The largest absolute Gasteiger partial charge is 0.481 e. The first-order chi connectivity index (χ1) is 45.7. The summed E-state index contributed by atoms with van der Waals surface area (Å²) in [4.78, 5) is 199. The molecule has 35 nitrogen and oxygen atoms in total. The van der Waals surface area contributed by atoms with Crippen molar-refractivity contribution in [2.45, 2.75) is 191 Å². The molecule has 2 aromatic rings. The number of aliphatic hydroxyl groups excluding tert-OH is 1. The number of aromatic nitrogens is 2. The van der Waals surface area contributed by atoms with Crippen LogP contribution in [-0.2, 0) is 80.0 Å². The number of aliphatic carboxylic acids is 4. The second-order valence-electron chi connectivity index (χ2n) is 24.0. The summed E-state index contributed by atoms with van der Waals surface area (Å²) >= 11 is 1.43. The van der Waals surface area contributed by atoms with E-state index in [1.54, 1.807) is 78.1 Å². The second kappa shape index (κ2) is 43.6. The molecule has 22 N–H and O–H groups in total. The van der Waals surface area contributed by atoms with Gasteiger partial charge in [0.05, 0.1) is 25.4 Å². The van der Waals surface area contributed by atoms with E-state index >= 15 is 0 Å². The van der Waals surface area contributed by atoms with E-state index in [9.17, 15) is 92.7 Å². The smallest absolute Gasteiger partial charge is 0.326 e. The number of guanidine groups is 1. The Morgan fingerprint density at radius 3 is 1.43 bits per heavy atom. The van der Waals surface area contributed by atoms with Crippen LogP contribution in [0, 0.1) is 17.8 Å². The van der Waals surface area contributed by atoms with Crippen molar-refractivity contribution in [3.05, 3.63) is 54.1 Å². The lowest BCUT2D eigenvalue weighted by molar-refractivity contribution is -0.143. The van der Waals surface area contributed by atoms with Crippen molar-refractivity contribution >= 4 is 101 Å². The molecule has 1 heterocycles. The molecule has 1 unspecified atom stereocenters. The number of carbonyl (C=O) groups is 14. The molecular formula is C61H96N16O19S. The number of nitrogens with two attached hydrogens (primary N) is 3. The van der Waals surface area contributed by atoms with Crippen LogP contribution in [0.25, 0.3) is 0 Å². The topological polar surface area (TPSA) is 580 Å². The molecule has 1 aromatic heterocycles. The number of carbonyl (C=O) groups excluding carboxylic acids is 10. The highest BCUT2D eigenvalue weighted by Crippen LogP contribution is 2.15. The van der Waals surface area contributed by atoms with Crippen molar-refractivity contribution in [1.82, 2.24) is 63.1 Å². The summed E-state index contributed by atoms with van der Waals surface area (Å²) in [6.07, 6.45) is 0.0966. The van der Waals surface area contributed by atoms with Crippen molar-refractivity contribution in [2.24, 2.45) is 39.9 Å². The fourth-order valence-corrected chi connectivity index (χ4v) is 9.97. The molecule has 36 heteroatoms. The number of imidazole rings is 1. The number of nitrogens with zero attached hydrogens (tertiary/aromatic N) is 2. The van der Waals surface area contributed by atoms with Crippen LogP contribution in [0.4, 0.5) is 0 Å². The Hall–Kier alpha value is -9.45. The second-order valence-corrected chi connectivity index (χ2v) is 25.0. The Kier molecular flexibility index (Phi) is 37.6. The fourth-order valence-electron chi connectivity index (χ4n) is 9.48. The number of H-pyrrole nitrogens is 1. The molecule has 0 aliphatic heterocycles. The number of nitrogens with one attached hydrogen (secondary N) is 11. The number of aromatic amines is 1. The standard InChI is InChI=1S/C61H96N16O19S/c1-8-33(6)49(77-50(85)36(62)20-22-97-7)59(94)70-39(17-19-47(81)82)52(87)69-38(16-18-46(79)80)53(88)74-43(27-48(83)84)57(92)73-42(25-34-13-10-9-11-14-34)56(91)72-40(23-31(2)3)54(89)68-37(15-12-21-66-61(63)64)51(86)71-41(24-32(4)5)55(90)76-45(29-78)58(93)75-44(60(95)96)26-35-28-65-30-67-35/h9-11,13-14,28,30-33,36-45,49,78H,8,12,15-27,29,62H2,1-7H3,(H,65,67)(H,68,89)(H,69,87)(H,70,94)(H,71,86)(H,72,91)(H,73,92)(H,74,88)(H,75,93)(H,76,90)(H,77,85)(H,79,80)(H,81,82)(H,83,84)(H,95,96)(H4,63,64,66)/t33?,36-,37-,38-,39-,40-,41-,42-,43-,44-,45-,49-/m0/s1. The number of thioether (sulfide) groups is 1. The Bertz CT molecular complexity index is 2990. The summed E-state index contributed by atoms with van der Waals surface area (Å²) in [7, 11) is 0. The molecule has 0 bridgehead atoms. The van der Waals surface area contributed by atoms with E-state index < -0.39 is 194 Å². The van der Waals surface area contributed by atoms with E-state index in [0.29, 0.717) is 23.4 Å². The summed E-state index contributed by atoms with van der Waals surface area (Å²) in [6, 6.07) is -9.45. The van der Waals surface area contributed by atoms with E-state index in [-0.39, 0.29) is 69.3 Å². The first-order valence-corrected chi connectivity index (χ1v) is 32.9. The van der Waals surface area contributed by atoms with Crippen LogP contribution in [0.3, 0.4) is 0 Å². The quantitative estimate of drug-likeness (QED) is 0.0174. The Morgan fingerprint density at radius 2 is 0.979 bits per heavy atom. The number of aliphatic hydroxyl groups is 1. The van der Waals surface area contributed by atoms with Gasteiger partial charge in [-0.25, -0.2) is 9.78 Å². The third-order valence-electron chi connectivity index (χ3n) is 14.9. The maximum Gasteiger partial charge on any atom is 0.326 e. The predicted octanol–water partition coefficient (Wildman–Crippen LogP) is -3.40. The molecule has 540 valence electrons. The third-order valence-corrected chi connectivity index (χ3v) is 15.6. The van der Waals surface area contributed by atoms with Gasteiger partial charge in [-0.05, 0) is 80.3 Å². The maximum atomic E-state index is 14.7. The highest BCUT2D eigenvalue weighted by Gasteiger charge is 2.38. The van der Waals surface area contributed by atoms with Gasteiger partial charge < -0.3 is 101 Å². The number of carboxylic acids is 4. The molecule has 1 aromatic carbocycles. The fraction of sp³-hybridized carbons (Fsp3) is 0.607. The van der Waals surface area contributed by atoms with Gasteiger partial charge in [-0.3, -0.25) is 67.3 Å². The molecule has 0 saturated carbocycles. The van der Waals surface area contributed by atoms with Crippen LogP contribution in [0.1, 0.15) is 123 Å². The minimum Gasteiger partial charge on any atom is -0.481 e. The highest BCUT2D eigenvalue weighted by molar-refractivity contribution is 7.98. The van der Waals surface area contributed by atoms with Crippen molar-refractivity contribution in [1.29, 1.82) is 0 Å². The van der Waals surface area contributed by atoms with Crippen LogP contribution < -0.4 is 70.4 Å². The van der Waals surface area contributed by atoms with Crippen LogP contribution in [-0.4, -0.2) is 216 Å². The first kappa shape index (κ1) is 83.6. The van der Waals surface area contributed by atoms with E-state index in [2.05, 4.69) is 68.1 Å². The maximum absolute atomic E-state index is 14.7. The molecule has 0 spiro atoms. The average Bonchev–Trinajstić information content (AvgIpc) is 1.03. The van der Waals surface area contributed by atoms with E-state index in [1.165, 1.54) is 24.3 Å². The molecule has 10 amide bonds. The van der Waals surface area contributed by atoms with Crippen molar-refractivity contribution in [2.75, 3.05) is 25.2 Å². The Labute approximate surface area is 565 Å². The summed E-state index contributed by atoms with van der Waals surface area (Å²) in [6.45, 7) is 9.09. The number of amides is 10. The molecule has 0 aliphatic carbocycles. The number of benzene rings is 1. The van der Waals surface area contributed by atoms with E-state index in [1.807, 2.05) is 0 Å². The van der Waals surface area contributed by atoms with Gasteiger partial charge in [-0.1, -0.05) is 78.3 Å². The zero-order valence-electron chi connectivity index (χ0n) is 55.4. The molecule has 2 rings (SSSR count). The molecular weight excluding hydrogens is 1290 g/mol. The summed E-state index contributed by atoms with van der Waals surface area (Å²) in [5, 5.41) is 73.6. The minimum absolute atomic E-state index is 0.0437. The highest BCUT2D eigenvalue weighted by atomic mass is 32.2. The minimum atomic E-state index is -2.09. The van der Waals surface area contributed by atoms with Gasteiger partial charge in [0, 0.05) is 44.1 Å². The molecule has 97 heavy (non-hydrogen) atoms. The van der Waals surface area contributed by atoms with Gasteiger partial charge in [-0.2, -0.15) is 11.8 Å². The lowest BCUT2D eigenvalue weighted by Crippen LogP contribution is -2.61. The van der Waals surface area contributed by atoms with Crippen molar-refractivity contribution in [3.63, 3.8) is 0 Å². The Morgan fingerprint density at radius 1 is 0.536 bits per heavy atom. The lowest BCUT2D eigenvalue weighted by atomic mass is 9.97. The monoisotopic (exact) mass is 1390 g/mol. The lowest BCUT2D eigenvalue weighted by Gasteiger charge is -2.29. The Balaban J connectivity index is 2.57. The molecule has 0 radical (unpaired) electrons. The van der Waals surface area contributed by atoms with Gasteiger partial charge in [0.15, 0.2) is 5.96 Å². The normalized spacial score (nSPS) is 14.8. The van der Waals surface area contributed by atoms with Gasteiger partial charge >= 0.3 is 23.9 Å². The molecule has 12 atom stereocenters. The van der Waals surface area contributed by atoms with Gasteiger partial charge in [-0.15, -0.1) is 0 Å². The van der Waals surface area contributed by atoms with E-state index in [0.717, 1.165) is 0 Å². The predicted molar refractivity (Wildman–Crippen MR) is 352 cm³/mol. The van der Waals surface area contributed by atoms with Gasteiger partial charge in [0.2, 0.25) is 59.1 Å². The summed E-state index contributed by atoms with van der Waals surface area (Å²) < 4.78 is 0. The zero-order chi connectivity index (χ0) is 73.1. The third kappa shape index (κ3) is 32.2. The number of hydrogen-bond acceptors (Lipinski definition) is 19. The average molecular weight is 1390 g/mol. The number of rotatable bonds is 47. The number of aliphatic imine (C=N–C) groups is 1. The van der Waals surface area contributed by atoms with Crippen LogP contribution >= 0.6 is 11.8 Å². The number of hydrogen-bond donors (Lipinski definition) is 19. The van der Waals surface area contributed by atoms with Gasteiger partial charge in [0.1, 0.15) is 60.4 Å². The van der Waals surface area contributed by atoms with E-state index in [4.69, 9.17) is 17.2 Å². The molecule has 0 saturated heterocycles. The van der Waals surface area contributed by atoms with Crippen LogP contribution in [0.15, 0.2) is 47.8 Å². The zero-order valence-corrected chi connectivity index (χ0v) is 56.2. The van der Waals surface area contributed by atoms with Crippen molar-refractivity contribution in [3.8, 4) is 0 Å². The van der Waals surface area contributed by atoms with Crippen LogP contribution in [0.5, 0.6) is 0 Å².